The molecule has 0 aliphatic heterocycles. The van der Waals surface area contributed by atoms with Crippen LogP contribution in [0, 0.1) is 0 Å². The molecular formula is C17H14Cl2N2O4S. The topological polar surface area (TPSA) is 99.3 Å². The van der Waals surface area contributed by atoms with Crippen LogP contribution >= 0.6 is 23.2 Å². The molecule has 0 radical (unpaired) electrons. The average Bonchev–Trinajstić information content (AvgIpc) is 2.99. The first-order valence-corrected chi connectivity index (χ1v) is 9.77. The Morgan fingerprint density at radius 1 is 1.19 bits per heavy atom. The number of carboxylic acid groups (broad SMARTS) is 1. The van der Waals surface area contributed by atoms with Gasteiger partial charge in [0.1, 0.15) is 10.9 Å². The summed E-state index contributed by atoms with van der Waals surface area (Å²) in [6.45, 7) is 0. The maximum absolute atomic E-state index is 12.6. The summed E-state index contributed by atoms with van der Waals surface area (Å²) in [7, 11) is -4.17. The third-order valence-corrected chi connectivity index (χ3v) is 6.07. The highest BCUT2D eigenvalue weighted by atomic mass is 35.5. The molecule has 0 aliphatic rings. The van der Waals surface area contributed by atoms with Crippen LogP contribution in [-0.4, -0.2) is 30.5 Å². The summed E-state index contributed by atoms with van der Waals surface area (Å²) >= 11 is 11.8. The Kier molecular flexibility index (Phi) is 5.24. The van der Waals surface area contributed by atoms with E-state index in [2.05, 4.69) is 9.71 Å². The van der Waals surface area contributed by atoms with Crippen molar-refractivity contribution in [3.63, 3.8) is 0 Å². The quantitative estimate of drug-likeness (QED) is 0.577. The highest BCUT2D eigenvalue weighted by Crippen LogP contribution is 2.26. The molecule has 0 bridgehead atoms. The van der Waals surface area contributed by atoms with E-state index in [-0.39, 0.29) is 21.4 Å². The number of nitrogens with one attached hydrogen (secondary N) is 2. The molecular weight excluding hydrogens is 399 g/mol. The average molecular weight is 413 g/mol. The molecule has 0 spiro atoms. The number of benzene rings is 2. The van der Waals surface area contributed by atoms with Gasteiger partial charge < -0.3 is 10.1 Å². The maximum Gasteiger partial charge on any atom is 0.322 e. The van der Waals surface area contributed by atoms with Crippen molar-refractivity contribution in [3.05, 3.63) is 64.3 Å². The van der Waals surface area contributed by atoms with E-state index in [9.17, 15) is 18.3 Å². The summed E-state index contributed by atoms with van der Waals surface area (Å²) in [5.41, 5.74) is 1.53. The second kappa shape index (κ2) is 7.28. The molecule has 0 saturated heterocycles. The standard InChI is InChI=1S/C17H14Cl2N2O4S/c18-11-5-6-13(19)16(8-11)26(24,25)21-15(17(22)23)7-10-9-20-14-4-2-1-3-12(10)14/h1-6,8-9,15,20-21H,7H2,(H,22,23). The van der Waals surface area contributed by atoms with Gasteiger partial charge in [-0.1, -0.05) is 41.4 Å². The van der Waals surface area contributed by atoms with Crippen LogP contribution in [0.25, 0.3) is 10.9 Å². The predicted molar refractivity (Wildman–Crippen MR) is 100 cm³/mol. The van der Waals surface area contributed by atoms with Crippen LogP contribution in [0.3, 0.4) is 0 Å². The molecule has 0 fully saturated rings. The molecule has 0 aliphatic carbocycles. The third-order valence-electron chi connectivity index (χ3n) is 3.88. The lowest BCUT2D eigenvalue weighted by atomic mass is 10.1. The fourth-order valence-electron chi connectivity index (χ4n) is 2.63. The van der Waals surface area contributed by atoms with Crippen LogP contribution in [0.4, 0.5) is 0 Å². The minimum Gasteiger partial charge on any atom is -0.480 e. The molecule has 136 valence electrons. The number of carbonyl (C=O) groups is 1. The second-order valence-electron chi connectivity index (χ2n) is 5.65. The van der Waals surface area contributed by atoms with Crippen LogP contribution in [0.15, 0.2) is 53.6 Å². The van der Waals surface area contributed by atoms with Crippen LogP contribution in [0.5, 0.6) is 0 Å². The van der Waals surface area contributed by atoms with Crippen molar-refractivity contribution in [3.8, 4) is 0 Å². The van der Waals surface area contributed by atoms with E-state index in [1.54, 1.807) is 6.20 Å². The normalized spacial score (nSPS) is 13.0. The number of H-pyrrole nitrogens is 1. The molecule has 1 aromatic heterocycles. The van der Waals surface area contributed by atoms with Crippen molar-refractivity contribution in [2.24, 2.45) is 0 Å². The smallest absolute Gasteiger partial charge is 0.322 e. The SMILES string of the molecule is O=C(O)C(Cc1c[nH]c2ccccc12)NS(=O)(=O)c1cc(Cl)ccc1Cl. The largest absolute Gasteiger partial charge is 0.480 e. The lowest BCUT2D eigenvalue weighted by Gasteiger charge is -2.15. The van der Waals surface area contributed by atoms with Crippen molar-refractivity contribution >= 4 is 50.1 Å². The predicted octanol–water partition coefficient (Wildman–Crippen LogP) is 3.45. The van der Waals surface area contributed by atoms with Gasteiger partial charge in [-0.3, -0.25) is 4.79 Å². The number of para-hydroxylation sites is 1. The lowest BCUT2D eigenvalue weighted by Crippen LogP contribution is -2.42. The number of hydrogen-bond acceptors (Lipinski definition) is 3. The van der Waals surface area contributed by atoms with Crippen LogP contribution in [0.1, 0.15) is 5.56 Å². The van der Waals surface area contributed by atoms with E-state index in [0.29, 0.717) is 5.56 Å². The van der Waals surface area contributed by atoms with E-state index in [0.717, 1.165) is 10.9 Å². The molecule has 0 amide bonds. The van der Waals surface area contributed by atoms with Gasteiger partial charge in [0.25, 0.3) is 0 Å². The molecule has 9 heteroatoms. The van der Waals surface area contributed by atoms with E-state index in [4.69, 9.17) is 23.2 Å². The number of halogens is 2. The molecule has 1 unspecified atom stereocenters. The first kappa shape index (κ1) is 18.7. The molecule has 6 nitrogen and oxygen atoms in total. The van der Waals surface area contributed by atoms with Crippen LogP contribution in [-0.2, 0) is 21.2 Å². The zero-order valence-corrected chi connectivity index (χ0v) is 15.6. The molecule has 1 atom stereocenters. The zero-order chi connectivity index (χ0) is 18.9. The van der Waals surface area contributed by atoms with Crippen molar-refractivity contribution < 1.29 is 18.3 Å². The summed E-state index contributed by atoms with van der Waals surface area (Å²) in [6, 6.07) is 9.96. The van der Waals surface area contributed by atoms with Crippen molar-refractivity contribution in [2.45, 2.75) is 17.4 Å². The van der Waals surface area contributed by atoms with Crippen molar-refractivity contribution in [2.75, 3.05) is 0 Å². The second-order valence-corrected chi connectivity index (χ2v) is 8.18. The van der Waals surface area contributed by atoms with E-state index in [1.165, 1.54) is 18.2 Å². The molecule has 2 aromatic carbocycles. The third kappa shape index (κ3) is 3.86. The Labute approximate surface area is 159 Å². The number of aromatic nitrogens is 1. The summed E-state index contributed by atoms with van der Waals surface area (Å²) in [4.78, 5) is 14.4. The number of rotatable bonds is 6. The number of aliphatic carboxylic acids is 1. The van der Waals surface area contributed by atoms with Gasteiger partial charge in [-0.2, -0.15) is 4.72 Å². The van der Waals surface area contributed by atoms with Gasteiger partial charge in [0.15, 0.2) is 0 Å². The van der Waals surface area contributed by atoms with E-state index < -0.39 is 22.0 Å². The van der Waals surface area contributed by atoms with Crippen LogP contribution in [0.2, 0.25) is 10.0 Å². The number of aromatic amines is 1. The minimum atomic E-state index is -4.17. The Bertz CT molecular complexity index is 1080. The summed E-state index contributed by atoms with van der Waals surface area (Å²) in [6.07, 6.45) is 1.64. The van der Waals surface area contributed by atoms with Gasteiger partial charge in [-0.05, 0) is 29.8 Å². The molecule has 3 N–H and O–H groups in total. The number of fused-ring (bicyclic) bond motifs is 1. The van der Waals surface area contributed by atoms with Gasteiger partial charge >= 0.3 is 5.97 Å². The fraction of sp³-hybridized carbons (Fsp3) is 0.118. The van der Waals surface area contributed by atoms with Gasteiger partial charge in [0.2, 0.25) is 10.0 Å². The molecule has 3 rings (SSSR count). The highest BCUT2D eigenvalue weighted by molar-refractivity contribution is 7.89. The molecule has 1 heterocycles. The van der Waals surface area contributed by atoms with Gasteiger partial charge in [0.05, 0.1) is 5.02 Å². The summed E-state index contributed by atoms with van der Waals surface area (Å²) in [5.74, 6) is -1.29. The van der Waals surface area contributed by atoms with E-state index >= 15 is 0 Å². The highest BCUT2D eigenvalue weighted by Gasteiger charge is 2.28. The van der Waals surface area contributed by atoms with Crippen molar-refractivity contribution in [1.29, 1.82) is 0 Å². The monoisotopic (exact) mass is 412 g/mol. The molecule has 26 heavy (non-hydrogen) atoms. The summed E-state index contributed by atoms with van der Waals surface area (Å²) < 4.78 is 27.4. The first-order chi connectivity index (χ1) is 12.3. The Morgan fingerprint density at radius 3 is 2.65 bits per heavy atom. The molecule has 0 saturated carbocycles. The van der Waals surface area contributed by atoms with Gasteiger partial charge in [-0.25, -0.2) is 8.42 Å². The maximum atomic E-state index is 12.6. The number of sulfonamides is 1. The van der Waals surface area contributed by atoms with Crippen molar-refractivity contribution in [1.82, 2.24) is 9.71 Å². The Balaban J connectivity index is 1.91. The van der Waals surface area contributed by atoms with Crippen LogP contribution < -0.4 is 4.72 Å². The zero-order valence-electron chi connectivity index (χ0n) is 13.2. The van der Waals surface area contributed by atoms with E-state index in [1.807, 2.05) is 24.3 Å². The summed E-state index contributed by atoms with van der Waals surface area (Å²) in [5, 5.41) is 10.4. The van der Waals surface area contributed by atoms with Gasteiger partial charge in [-0.15, -0.1) is 0 Å². The Morgan fingerprint density at radius 2 is 1.92 bits per heavy atom. The van der Waals surface area contributed by atoms with Gasteiger partial charge in [0, 0.05) is 28.5 Å². The number of carboxylic acids is 1. The fourth-order valence-corrected chi connectivity index (χ4v) is 4.59. The Hall–Kier alpha value is -2.06. The lowest BCUT2D eigenvalue weighted by molar-refractivity contribution is -0.138. The molecule has 3 aromatic rings. The first-order valence-electron chi connectivity index (χ1n) is 7.53. The number of hydrogen-bond donors (Lipinski definition) is 3. The minimum absolute atomic E-state index is 0.0310.